The maximum absolute atomic E-state index is 10.8. The molecule has 0 unspecified atom stereocenters. The third-order valence-corrected chi connectivity index (χ3v) is 5.16. The molecule has 2 N–H and O–H groups in total. The Bertz CT molecular complexity index is 726. The average Bonchev–Trinajstić information content (AvgIpc) is 3.28. The summed E-state index contributed by atoms with van der Waals surface area (Å²) in [6, 6.07) is 13.1. The van der Waals surface area contributed by atoms with Crippen LogP contribution in [-0.2, 0) is 12.0 Å². The van der Waals surface area contributed by atoms with Crippen molar-refractivity contribution in [1.82, 2.24) is 5.32 Å². The van der Waals surface area contributed by atoms with E-state index in [1.165, 1.54) is 5.56 Å². The van der Waals surface area contributed by atoms with E-state index in [1.54, 1.807) is 12.1 Å². The van der Waals surface area contributed by atoms with Crippen molar-refractivity contribution in [2.24, 2.45) is 0 Å². The van der Waals surface area contributed by atoms with Crippen LogP contribution >= 0.6 is 27.5 Å². The third-order valence-electron chi connectivity index (χ3n) is 4.35. The molecule has 0 bridgehead atoms. The van der Waals surface area contributed by atoms with Crippen LogP contribution in [0.1, 0.15) is 34.3 Å². The summed E-state index contributed by atoms with van der Waals surface area (Å²) in [5.41, 5.74) is 2.73. The van der Waals surface area contributed by atoms with Crippen LogP contribution in [0.5, 0.6) is 0 Å². The van der Waals surface area contributed by atoms with Gasteiger partial charge in [0.25, 0.3) is 0 Å². The van der Waals surface area contributed by atoms with Gasteiger partial charge < -0.3 is 10.4 Å². The first kappa shape index (κ1) is 16.5. The van der Waals surface area contributed by atoms with Crippen LogP contribution < -0.4 is 5.32 Å². The van der Waals surface area contributed by atoms with E-state index >= 15 is 0 Å². The molecule has 0 atom stereocenters. The minimum atomic E-state index is -0.897. The van der Waals surface area contributed by atoms with Gasteiger partial charge in [-0.25, -0.2) is 4.79 Å². The Kier molecular flexibility index (Phi) is 4.76. The molecule has 0 aliphatic heterocycles. The quantitative estimate of drug-likeness (QED) is 0.751. The second kappa shape index (κ2) is 6.63. The van der Waals surface area contributed by atoms with Crippen LogP contribution in [0.15, 0.2) is 46.9 Å². The summed E-state index contributed by atoms with van der Waals surface area (Å²) in [4.78, 5) is 10.8. The summed E-state index contributed by atoms with van der Waals surface area (Å²) in [7, 11) is 0. The number of carboxylic acids is 1. The largest absolute Gasteiger partial charge is 0.478 e. The molecule has 3 nitrogen and oxygen atoms in total. The van der Waals surface area contributed by atoms with Gasteiger partial charge in [0.1, 0.15) is 0 Å². The summed E-state index contributed by atoms with van der Waals surface area (Å²) in [6.07, 6.45) is 2.28. The lowest BCUT2D eigenvalue weighted by Crippen LogP contribution is -2.26. The standard InChI is InChI=1S/C18H17BrClNO2/c19-14-5-6-15(16(20)9-14)18(7-8-18)11-21-10-12-1-3-13(4-2-12)17(22)23/h1-6,9,21H,7-8,10-11H2,(H,22,23). The van der Waals surface area contributed by atoms with Gasteiger partial charge in [0.05, 0.1) is 5.56 Å². The zero-order valence-corrected chi connectivity index (χ0v) is 14.8. The highest BCUT2D eigenvalue weighted by molar-refractivity contribution is 9.10. The highest BCUT2D eigenvalue weighted by Gasteiger charge is 2.44. The summed E-state index contributed by atoms with van der Waals surface area (Å²) in [5, 5.41) is 13.2. The first-order chi connectivity index (χ1) is 11.0. The maximum atomic E-state index is 10.8. The SMILES string of the molecule is O=C(O)c1ccc(CNCC2(c3ccc(Br)cc3Cl)CC2)cc1. The number of halogens is 2. The Morgan fingerprint density at radius 1 is 1.22 bits per heavy atom. The van der Waals surface area contributed by atoms with E-state index in [4.69, 9.17) is 16.7 Å². The van der Waals surface area contributed by atoms with Crippen molar-refractivity contribution >= 4 is 33.5 Å². The third kappa shape index (κ3) is 3.77. The van der Waals surface area contributed by atoms with E-state index in [9.17, 15) is 4.79 Å². The molecule has 0 amide bonds. The molecule has 23 heavy (non-hydrogen) atoms. The first-order valence-electron chi connectivity index (χ1n) is 7.49. The topological polar surface area (TPSA) is 49.3 Å². The summed E-state index contributed by atoms with van der Waals surface area (Å²) < 4.78 is 0.994. The maximum Gasteiger partial charge on any atom is 0.335 e. The van der Waals surface area contributed by atoms with Gasteiger partial charge in [-0.15, -0.1) is 0 Å². The molecule has 1 aliphatic rings. The van der Waals surface area contributed by atoms with Crippen LogP contribution in [-0.4, -0.2) is 17.6 Å². The lowest BCUT2D eigenvalue weighted by atomic mass is 9.96. The van der Waals surface area contributed by atoms with E-state index in [-0.39, 0.29) is 5.41 Å². The van der Waals surface area contributed by atoms with E-state index < -0.39 is 5.97 Å². The number of hydrogen-bond acceptors (Lipinski definition) is 2. The fraction of sp³-hybridized carbons (Fsp3) is 0.278. The van der Waals surface area contributed by atoms with Gasteiger partial charge in [-0.05, 0) is 48.2 Å². The second-order valence-corrected chi connectivity index (χ2v) is 7.33. The predicted octanol–water partition coefficient (Wildman–Crippen LogP) is 4.62. The lowest BCUT2D eigenvalue weighted by molar-refractivity contribution is 0.0697. The van der Waals surface area contributed by atoms with Gasteiger partial charge in [-0.1, -0.05) is 45.7 Å². The van der Waals surface area contributed by atoms with Gasteiger partial charge in [-0.3, -0.25) is 0 Å². The molecule has 5 heteroatoms. The molecule has 3 rings (SSSR count). The zero-order chi connectivity index (χ0) is 16.4. The van der Waals surface area contributed by atoms with E-state index in [0.717, 1.165) is 41.0 Å². The van der Waals surface area contributed by atoms with Crippen LogP contribution in [0.4, 0.5) is 0 Å². The molecule has 0 radical (unpaired) electrons. The van der Waals surface area contributed by atoms with Crippen LogP contribution in [0.25, 0.3) is 0 Å². The average molecular weight is 395 g/mol. The second-order valence-electron chi connectivity index (χ2n) is 6.01. The smallest absolute Gasteiger partial charge is 0.335 e. The van der Waals surface area contributed by atoms with Crippen molar-refractivity contribution < 1.29 is 9.90 Å². The zero-order valence-electron chi connectivity index (χ0n) is 12.5. The molecule has 1 aliphatic carbocycles. The fourth-order valence-electron chi connectivity index (χ4n) is 2.82. The molecule has 0 saturated heterocycles. The molecule has 1 fully saturated rings. The highest BCUT2D eigenvalue weighted by Crippen LogP contribution is 2.50. The Morgan fingerprint density at radius 3 is 2.48 bits per heavy atom. The molecule has 2 aromatic rings. The van der Waals surface area contributed by atoms with Gasteiger partial charge in [-0.2, -0.15) is 0 Å². The fourth-order valence-corrected chi connectivity index (χ4v) is 3.70. The van der Waals surface area contributed by atoms with Gasteiger partial charge in [0.15, 0.2) is 0 Å². The molecule has 120 valence electrons. The van der Waals surface area contributed by atoms with Crippen molar-refractivity contribution in [1.29, 1.82) is 0 Å². The molecule has 2 aromatic carbocycles. The van der Waals surface area contributed by atoms with E-state index in [2.05, 4.69) is 27.3 Å². The Balaban J connectivity index is 1.61. The molecule has 0 spiro atoms. The number of hydrogen-bond donors (Lipinski definition) is 2. The number of rotatable bonds is 6. The minimum Gasteiger partial charge on any atom is -0.478 e. The molecule has 0 aromatic heterocycles. The number of carbonyl (C=O) groups is 1. The number of aromatic carboxylic acids is 1. The lowest BCUT2D eigenvalue weighted by Gasteiger charge is -2.18. The monoisotopic (exact) mass is 393 g/mol. The summed E-state index contributed by atoms with van der Waals surface area (Å²) >= 11 is 9.82. The Labute approximate surface area is 148 Å². The van der Waals surface area contributed by atoms with Crippen molar-refractivity contribution in [3.8, 4) is 0 Å². The van der Waals surface area contributed by atoms with Crippen molar-refractivity contribution in [2.75, 3.05) is 6.54 Å². The molecular weight excluding hydrogens is 378 g/mol. The van der Waals surface area contributed by atoms with E-state index in [0.29, 0.717) is 5.56 Å². The van der Waals surface area contributed by atoms with Crippen LogP contribution in [0.3, 0.4) is 0 Å². The van der Waals surface area contributed by atoms with Gasteiger partial charge >= 0.3 is 5.97 Å². The van der Waals surface area contributed by atoms with Gasteiger partial charge in [0, 0.05) is 28.0 Å². The number of nitrogens with one attached hydrogen (secondary N) is 1. The minimum absolute atomic E-state index is 0.138. The first-order valence-corrected chi connectivity index (χ1v) is 8.66. The van der Waals surface area contributed by atoms with Crippen LogP contribution in [0.2, 0.25) is 5.02 Å². The van der Waals surface area contributed by atoms with Crippen LogP contribution in [0, 0.1) is 0 Å². The number of benzene rings is 2. The van der Waals surface area contributed by atoms with Crippen molar-refractivity contribution in [2.45, 2.75) is 24.8 Å². The normalized spacial score (nSPS) is 15.4. The Hall–Kier alpha value is -1.36. The Morgan fingerprint density at radius 2 is 1.91 bits per heavy atom. The van der Waals surface area contributed by atoms with Crippen molar-refractivity contribution in [3.63, 3.8) is 0 Å². The number of carboxylic acid groups (broad SMARTS) is 1. The highest BCUT2D eigenvalue weighted by atomic mass is 79.9. The van der Waals surface area contributed by atoms with E-state index in [1.807, 2.05) is 24.3 Å². The molecular formula is C18H17BrClNO2. The van der Waals surface area contributed by atoms with Gasteiger partial charge in [0.2, 0.25) is 0 Å². The molecule has 1 saturated carbocycles. The summed E-state index contributed by atoms with van der Waals surface area (Å²) in [5.74, 6) is -0.897. The summed E-state index contributed by atoms with van der Waals surface area (Å²) in [6.45, 7) is 1.59. The molecule has 0 heterocycles. The predicted molar refractivity (Wildman–Crippen MR) is 95.2 cm³/mol. The van der Waals surface area contributed by atoms with Crippen molar-refractivity contribution in [3.05, 3.63) is 68.7 Å².